The van der Waals surface area contributed by atoms with Gasteiger partial charge in [0.25, 0.3) is 5.56 Å². The van der Waals surface area contributed by atoms with Crippen molar-refractivity contribution in [1.29, 1.82) is 0 Å². The molecule has 4 nitrogen and oxygen atoms in total. The molecule has 0 bridgehead atoms. The second kappa shape index (κ2) is 5.80. The monoisotopic (exact) mass is 257 g/mol. The van der Waals surface area contributed by atoms with Crippen LogP contribution < -0.4 is 11.3 Å². The molecule has 0 saturated carbocycles. The molecule has 0 fully saturated rings. The fraction of sp³-hybridized carbons (Fsp3) is 0.333. The van der Waals surface area contributed by atoms with E-state index in [9.17, 15) is 4.79 Å². The third kappa shape index (κ3) is 3.51. The molecule has 100 valence electrons. The van der Waals surface area contributed by atoms with Crippen molar-refractivity contribution in [3.63, 3.8) is 0 Å². The molecule has 0 aliphatic heterocycles. The van der Waals surface area contributed by atoms with Crippen LogP contribution in [0.15, 0.2) is 41.2 Å². The van der Waals surface area contributed by atoms with Crippen LogP contribution in [0.5, 0.6) is 0 Å². The van der Waals surface area contributed by atoms with Gasteiger partial charge in [0.15, 0.2) is 0 Å². The highest BCUT2D eigenvalue weighted by atomic mass is 16.1. The predicted octanol–water partition coefficient (Wildman–Crippen LogP) is 2.14. The summed E-state index contributed by atoms with van der Waals surface area (Å²) in [6.45, 7) is 4.00. The van der Waals surface area contributed by atoms with Crippen molar-refractivity contribution in [2.75, 3.05) is 0 Å². The average molecular weight is 257 g/mol. The molecule has 0 radical (unpaired) electrons. The first kappa shape index (κ1) is 13.5. The van der Waals surface area contributed by atoms with Gasteiger partial charge in [-0.2, -0.15) is 0 Å². The molecule has 19 heavy (non-hydrogen) atoms. The summed E-state index contributed by atoms with van der Waals surface area (Å²) in [7, 11) is 0. The summed E-state index contributed by atoms with van der Waals surface area (Å²) < 4.78 is 0. The molecular formula is C15H19N3O. The lowest BCUT2D eigenvalue weighted by Gasteiger charge is -2.12. The van der Waals surface area contributed by atoms with E-state index in [-0.39, 0.29) is 17.5 Å². The maximum Gasteiger partial charge on any atom is 0.251 e. The summed E-state index contributed by atoms with van der Waals surface area (Å²) in [4.78, 5) is 18.8. The van der Waals surface area contributed by atoms with Gasteiger partial charge in [0.05, 0.1) is 0 Å². The van der Waals surface area contributed by atoms with Crippen molar-refractivity contribution in [2.45, 2.75) is 32.2 Å². The van der Waals surface area contributed by atoms with Gasteiger partial charge < -0.3 is 10.7 Å². The van der Waals surface area contributed by atoms with E-state index >= 15 is 0 Å². The number of nitrogens with two attached hydrogens (primary N) is 1. The van der Waals surface area contributed by atoms with Crippen LogP contribution in [0.1, 0.15) is 42.9 Å². The molecule has 1 aromatic carbocycles. The number of hydrogen-bond acceptors (Lipinski definition) is 3. The maximum absolute atomic E-state index is 11.6. The van der Waals surface area contributed by atoms with Crippen molar-refractivity contribution in [1.82, 2.24) is 9.97 Å². The number of aromatic nitrogens is 2. The van der Waals surface area contributed by atoms with E-state index in [1.54, 1.807) is 0 Å². The Morgan fingerprint density at radius 1 is 1.26 bits per heavy atom. The fourth-order valence-electron chi connectivity index (χ4n) is 1.95. The largest absolute Gasteiger partial charge is 0.324 e. The lowest BCUT2D eigenvalue weighted by Crippen LogP contribution is -2.18. The highest BCUT2D eigenvalue weighted by molar-refractivity contribution is 5.20. The molecule has 4 heteroatoms. The van der Waals surface area contributed by atoms with Gasteiger partial charge in [-0.15, -0.1) is 0 Å². The van der Waals surface area contributed by atoms with E-state index in [0.717, 1.165) is 11.3 Å². The lowest BCUT2D eigenvalue weighted by atomic mass is 10.0. The Kier molecular flexibility index (Phi) is 4.12. The van der Waals surface area contributed by atoms with Crippen molar-refractivity contribution in [2.24, 2.45) is 5.73 Å². The predicted molar refractivity (Wildman–Crippen MR) is 76.0 cm³/mol. The lowest BCUT2D eigenvalue weighted by molar-refractivity contribution is 0.681. The van der Waals surface area contributed by atoms with Gasteiger partial charge in [-0.1, -0.05) is 44.2 Å². The third-order valence-electron chi connectivity index (χ3n) is 3.02. The summed E-state index contributed by atoms with van der Waals surface area (Å²) in [6, 6.07) is 11.2. The first-order chi connectivity index (χ1) is 9.06. The highest BCUT2D eigenvalue weighted by Gasteiger charge is 2.10. The van der Waals surface area contributed by atoms with Crippen molar-refractivity contribution >= 4 is 0 Å². The number of H-pyrrole nitrogens is 1. The quantitative estimate of drug-likeness (QED) is 0.881. The van der Waals surface area contributed by atoms with Gasteiger partial charge in [-0.3, -0.25) is 4.79 Å². The van der Waals surface area contributed by atoms with Gasteiger partial charge in [0, 0.05) is 30.1 Å². The summed E-state index contributed by atoms with van der Waals surface area (Å²) >= 11 is 0. The highest BCUT2D eigenvalue weighted by Crippen LogP contribution is 2.15. The minimum absolute atomic E-state index is 0.117. The Bertz CT molecular complexity index is 590. The van der Waals surface area contributed by atoms with E-state index < -0.39 is 0 Å². The Hall–Kier alpha value is -1.94. The van der Waals surface area contributed by atoms with E-state index in [0.29, 0.717) is 12.2 Å². The van der Waals surface area contributed by atoms with Crippen LogP contribution in [0.2, 0.25) is 0 Å². The van der Waals surface area contributed by atoms with Crippen molar-refractivity contribution < 1.29 is 0 Å². The van der Waals surface area contributed by atoms with Crippen LogP contribution >= 0.6 is 0 Å². The smallest absolute Gasteiger partial charge is 0.251 e. The standard InChI is InChI=1S/C15H19N3O/c1-10(2)15-17-12(9-14(19)18-15)8-13(16)11-6-4-3-5-7-11/h3-7,9-10,13H,8,16H2,1-2H3,(H,17,18,19). The Morgan fingerprint density at radius 2 is 1.95 bits per heavy atom. The number of rotatable bonds is 4. The van der Waals surface area contributed by atoms with Gasteiger partial charge >= 0.3 is 0 Å². The van der Waals surface area contributed by atoms with E-state index in [1.165, 1.54) is 6.07 Å². The second-order valence-electron chi connectivity index (χ2n) is 5.00. The molecule has 0 spiro atoms. The Morgan fingerprint density at radius 3 is 2.58 bits per heavy atom. The Labute approximate surface area is 112 Å². The van der Waals surface area contributed by atoms with Gasteiger partial charge in [-0.05, 0) is 5.56 Å². The van der Waals surface area contributed by atoms with E-state index in [4.69, 9.17) is 5.73 Å². The van der Waals surface area contributed by atoms with Gasteiger partial charge in [0.1, 0.15) is 5.82 Å². The topological polar surface area (TPSA) is 71.8 Å². The van der Waals surface area contributed by atoms with Gasteiger partial charge in [0.2, 0.25) is 0 Å². The number of hydrogen-bond donors (Lipinski definition) is 2. The van der Waals surface area contributed by atoms with Crippen molar-refractivity contribution in [3.8, 4) is 0 Å². The first-order valence-electron chi connectivity index (χ1n) is 6.47. The van der Waals surface area contributed by atoms with Crippen LogP contribution in [-0.2, 0) is 6.42 Å². The van der Waals surface area contributed by atoms with Crippen LogP contribution in [0.4, 0.5) is 0 Å². The van der Waals surface area contributed by atoms with Gasteiger partial charge in [-0.25, -0.2) is 4.98 Å². The molecule has 1 atom stereocenters. The minimum Gasteiger partial charge on any atom is -0.324 e. The average Bonchev–Trinajstić information content (AvgIpc) is 2.39. The molecule has 1 unspecified atom stereocenters. The van der Waals surface area contributed by atoms with E-state index in [1.807, 2.05) is 44.2 Å². The molecule has 2 rings (SSSR count). The van der Waals surface area contributed by atoms with Crippen LogP contribution in [-0.4, -0.2) is 9.97 Å². The Balaban J connectivity index is 2.22. The molecule has 2 aromatic rings. The minimum atomic E-state index is -0.143. The molecule has 1 aromatic heterocycles. The molecule has 0 aliphatic carbocycles. The zero-order valence-corrected chi connectivity index (χ0v) is 11.3. The molecule has 0 saturated heterocycles. The second-order valence-corrected chi connectivity index (χ2v) is 5.00. The SMILES string of the molecule is CC(C)c1nc(CC(N)c2ccccc2)cc(=O)[nH]1. The number of benzene rings is 1. The van der Waals surface area contributed by atoms with Crippen molar-refractivity contribution in [3.05, 3.63) is 63.8 Å². The fourth-order valence-corrected chi connectivity index (χ4v) is 1.95. The summed E-state index contributed by atoms with van der Waals surface area (Å²) in [6.07, 6.45) is 0.563. The summed E-state index contributed by atoms with van der Waals surface area (Å²) in [5.41, 5.74) is 7.83. The van der Waals surface area contributed by atoms with Crippen LogP contribution in [0, 0.1) is 0 Å². The van der Waals surface area contributed by atoms with E-state index in [2.05, 4.69) is 9.97 Å². The molecule has 0 aliphatic rings. The number of aromatic amines is 1. The molecule has 1 heterocycles. The maximum atomic E-state index is 11.6. The zero-order valence-electron chi connectivity index (χ0n) is 11.3. The molecular weight excluding hydrogens is 238 g/mol. The summed E-state index contributed by atoms with van der Waals surface area (Å²) in [5.74, 6) is 0.906. The zero-order chi connectivity index (χ0) is 13.8. The molecule has 3 N–H and O–H groups in total. The third-order valence-corrected chi connectivity index (χ3v) is 3.02. The molecule has 0 amide bonds. The summed E-state index contributed by atoms with van der Waals surface area (Å²) in [5, 5.41) is 0. The first-order valence-corrected chi connectivity index (χ1v) is 6.47. The number of nitrogens with one attached hydrogen (secondary N) is 1. The normalized spacial score (nSPS) is 12.6. The number of nitrogens with zero attached hydrogens (tertiary/aromatic N) is 1. The van der Waals surface area contributed by atoms with Crippen LogP contribution in [0.3, 0.4) is 0 Å². The van der Waals surface area contributed by atoms with Crippen LogP contribution in [0.25, 0.3) is 0 Å².